The monoisotopic (exact) mass is 708 g/mol. The van der Waals surface area contributed by atoms with E-state index in [4.69, 9.17) is 15.0 Å². The first-order valence-electron chi connectivity index (χ1n) is 17.6. The van der Waals surface area contributed by atoms with Gasteiger partial charge in [-0.05, 0) is 71.1 Å². The Kier molecular flexibility index (Phi) is 8.12. The van der Waals surface area contributed by atoms with Crippen molar-refractivity contribution in [3.63, 3.8) is 0 Å². The van der Waals surface area contributed by atoms with E-state index in [9.17, 15) is 13.2 Å². The first-order valence-corrected chi connectivity index (χ1v) is 17.6. The topological polar surface area (TPSA) is 43.6 Å². The van der Waals surface area contributed by atoms with E-state index in [0.717, 1.165) is 55.8 Å². The summed E-state index contributed by atoms with van der Waals surface area (Å²) in [6, 6.07) is 53.2. The van der Waals surface area contributed by atoms with Crippen LogP contribution in [0.5, 0.6) is 0 Å². The quantitative estimate of drug-likeness (QED) is 0.173. The van der Waals surface area contributed by atoms with Crippen molar-refractivity contribution in [2.75, 3.05) is 0 Å². The van der Waals surface area contributed by atoms with Crippen LogP contribution in [-0.2, 0) is 6.18 Å². The summed E-state index contributed by atoms with van der Waals surface area (Å²) in [5.74, 6) is 1.10. The first-order chi connectivity index (χ1) is 26.3. The summed E-state index contributed by atoms with van der Waals surface area (Å²) < 4.78 is 46.0. The number of alkyl halides is 3. The molecule has 0 radical (unpaired) electrons. The Morgan fingerprint density at radius 1 is 0.426 bits per heavy atom. The number of aryl methyl sites for hydroxylation is 1. The zero-order chi connectivity index (χ0) is 36.8. The van der Waals surface area contributed by atoms with Crippen LogP contribution in [0.25, 0.3) is 83.9 Å². The summed E-state index contributed by atoms with van der Waals surface area (Å²) in [6.45, 7) is 2.11. The lowest BCUT2D eigenvalue weighted by Crippen LogP contribution is -2.08. The van der Waals surface area contributed by atoms with Crippen LogP contribution in [0.1, 0.15) is 11.1 Å². The number of nitrogens with zero attached hydrogens (tertiary/aromatic N) is 4. The van der Waals surface area contributed by atoms with E-state index in [1.54, 1.807) is 12.1 Å². The maximum atomic E-state index is 14.6. The Labute approximate surface area is 309 Å². The lowest BCUT2D eigenvalue weighted by atomic mass is 9.94. The van der Waals surface area contributed by atoms with Crippen LogP contribution in [0.15, 0.2) is 170 Å². The summed E-state index contributed by atoms with van der Waals surface area (Å²) in [5.41, 5.74) is 7.78. The van der Waals surface area contributed by atoms with Gasteiger partial charge >= 0.3 is 6.18 Å². The van der Waals surface area contributed by atoms with E-state index >= 15 is 0 Å². The van der Waals surface area contributed by atoms with Gasteiger partial charge in [-0.2, -0.15) is 13.2 Å². The molecule has 260 valence electrons. The lowest BCUT2D eigenvalue weighted by molar-refractivity contribution is -0.137. The fraction of sp³-hybridized carbons (Fsp3) is 0.0426. The van der Waals surface area contributed by atoms with Gasteiger partial charge in [0.25, 0.3) is 0 Å². The molecule has 0 aliphatic heterocycles. The highest BCUT2D eigenvalue weighted by atomic mass is 19.4. The first kappa shape index (κ1) is 33.0. The number of halogens is 3. The highest BCUT2D eigenvalue weighted by Gasteiger charge is 2.34. The number of rotatable bonds is 6. The van der Waals surface area contributed by atoms with Crippen LogP contribution >= 0.6 is 0 Å². The Bertz CT molecular complexity index is 2770. The minimum Gasteiger partial charge on any atom is -0.309 e. The number of benzene rings is 7. The van der Waals surface area contributed by atoms with Crippen molar-refractivity contribution in [1.82, 2.24) is 19.5 Å². The molecule has 9 aromatic rings. The van der Waals surface area contributed by atoms with E-state index < -0.39 is 11.7 Å². The number of hydrogen-bond donors (Lipinski definition) is 0. The van der Waals surface area contributed by atoms with Gasteiger partial charge in [0.2, 0.25) is 0 Å². The van der Waals surface area contributed by atoms with Gasteiger partial charge in [-0.1, -0.05) is 133 Å². The molecule has 0 fully saturated rings. The maximum absolute atomic E-state index is 14.6. The van der Waals surface area contributed by atoms with Gasteiger partial charge in [0.05, 0.1) is 16.6 Å². The number of para-hydroxylation sites is 1. The molecule has 7 aromatic carbocycles. The third-order valence-corrected chi connectivity index (χ3v) is 9.85. The molecule has 0 aliphatic carbocycles. The van der Waals surface area contributed by atoms with Gasteiger partial charge in [-0.25, -0.2) is 15.0 Å². The highest BCUT2D eigenvalue weighted by molar-refractivity contribution is 6.10. The fourth-order valence-electron chi connectivity index (χ4n) is 7.30. The molecule has 4 nitrogen and oxygen atoms in total. The van der Waals surface area contributed by atoms with Gasteiger partial charge < -0.3 is 4.57 Å². The summed E-state index contributed by atoms with van der Waals surface area (Å²) in [7, 11) is 0. The van der Waals surface area contributed by atoms with Crippen LogP contribution < -0.4 is 0 Å². The van der Waals surface area contributed by atoms with Gasteiger partial charge in [0.15, 0.2) is 17.5 Å². The smallest absolute Gasteiger partial charge is 0.309 e. The Hall–Kier alpha value is -6.86. The zero-order valence-corrected chi connectivity index (χ0v) is 29.1. The summed E-state index contributed by atoms with van der Waals surface area (Å²) in [4.78, 5) is 14.8. The van der Waals surface area contributed by atoms with Crippen molar-refractivity contribution in [2.45, 2.75) is 13.1 Å². The second kappa shape index (κ2) is 13.3. The second-order valence-corrected chi connectivity index (χ2v) is 13.2. The minimum atomic E-state index is -4.59. The molecule has 0 unspecified atom stereocenters. The standard InChI is InChI=1S/C47H31F3N4/c1-30-14-8-9-19-35(30)33-24-27-43-39(28-33)38-21-11-13-23-42(38)54(43)34-25-26-36(37-20-10-12-22-41(37)47(48,49)50)40(29-34)46-52-44(31-15-4-2-5-16-31)51-45(53-46)32-17-6-3-7-18-32/h2-29H,1H3. The highest BCUT2D eigenvalue weighted by Crippen LogP contribution is 2.43. The largest absolute Gasteiger partial charge is 0.417 e. The molecule has 2 heterocycles. The van der Waals surface area contributed by atoms with E-state index in [1.807, 2.05) is 97.1 Å². The van der Waals surface area contributed by atoms with Crippen molar-refractivity contribution >= 4 is 21.8 Å². The summed E-state index contributed by atoms with van der Waals surface area (Å²) >= 11 is 0. The molecule has 0 atom stereocenters. The average molecular weight is 709 g/mol. The van der Waals surface area contributed by atoms with Crippen LogP contribution in [0.2, 0.25) is 0 Å². The van der Waals surface area contributed by atoms with Crippen LogP contribution in [0.4, 0.5) is 13.2 Å². The van der Waals surface area contributed by atoms with Crippen molar-refractivity contribution in [3.8, 4) is 62.1 Å². The molecule has 7 heteroatoms. The van der Waals surface area contributed by atoms with Crippen LogP contribution in [0, 0.1) is 6.92 Å². The maximum Gasteiger partial charge on any atom is 0.417 e. The molecule has 0 amide bonds. The normalized spacial score (nSPS) is 11.7. The van der Waals surface area contributed by atoms with E-state index in [2.05, 4.69) is 54.0 Å². The molecule has 9 rings (SSSR count). The third kappa shape index (κ3) is 5.90. The molecular formula is C47H31F3N4. The molecule has 2 aromatic heterocycles. The van der Waals surface area contributed by atoms with Crippen LogP contribution in [-0.4, -0.2) is 19.5 Å². The Morgan fingerprint density at radius 2 is 1.00 bits per heavy atom. The Morgan fingerprint density at radius 3 is 1.69 bits per heavy atom. The molecular weight excluding hydrogens is 678 g/mol. The fourth-order valence-corrected chi connectivity index (χ4v) is 7.30. The minimum absolute atomic E-state index is 0.0413. The lowest BCUT2D eigenvalue weighted by Gasteiger charge is -2.18. The van der Waals surface area contributed by atoms with Crippen molar-refractivity contribution in [2.24, 2.45) is 0 Å². The van der Waals surface area contributed by atoms with E-state index in [1.165, 1.54) is 17.7 Å². The van der Waals surface area contributed by atoms with Gasteiger partial charge in [-0.15, -0.1) is 0 Å². The molecule has 54 heavy (non-hydrogen) atoms. The van der Waals surface area contributed by atoms with E-state index in [-0.39, 0.29) is 11.4 Å². The predicted octanol–water partition coefficient (Wildman–Crippen LogP) is 12.6. The molecule has 0 bridgehead atoms. The van der Waals surface area contributed by atoms with Gasteiger partial charge in [0, 0.05) is 33.2 Å². The molecule has 0 saturated carbocycles. The predicted molar refractivity (Wildman–Crippen MR) is 211 cm³/mol. The third-order valence-electron chi connectivity index (χ3n) is 9.85. The molecule has 0 saturated heterocycles. The number of fused-ring (bicyclic) bond motifs is 3. The number of aromatic nitrogens is 4. The van der Waals surface area contributed by atoms with Crippen molar-refractivity contribution in [1.29, 1.82) is 0 Å². The summed E-state index contributed by atoms with van der Waals surface area (Å²) in [5, 5.41) is 2.13. The molecule has 0 aliphatic rings. The van der Waals surface area contributed by atoms with Crippen molar-refractivity contribution in [3.05, 3.63) is 181 Å². The average Bonchev–Trinajstić information content (AvgIpc) is 3.54. The van der Waals surface area contributed by atoms with Gasteiger partial charge in [-0.3, -0.25) is 0 Å². The number of hydrogen-bond acceptors (Lipinski definition) is 3. The molecule has 0 N–H and O–H groups in total. The molecule has 0 spiro atoms. The SMILES string of the molecule is Cc1ccccc1-c1ccc2c(c1)c1ccccc1n2-c1ccc(-c2ccccc2C(F)(F)F)c(-c2nc(-c3ccccc3)nc(-c3ccccc3)n2)c1. The van der Waals surface area contributed by atoms with Crippen molar-refractivity contribution < 1.29 is 13.2 Å². The van der Waals surface area contributed by atoms with E-state index in [0.29, 0.717) is 22.8 Å². The summed E-state index contributed by atoms with van der Waals surface area (Å²) in [6.07, 6.45) is -4.59. The van der Waals surface area contributed by atoms with Crippen LogP contribution in [0.3, 0.4) is 0 Å². The zero-order valence-electron chi connectivity index (χ0n) is 29.1. The second-order valence-electron chi connectivity index (χ2n) is 13.2. The Balaban J connectivity index is 1.33. The van der Waals surface area contributed by atoms with Gasteiger partial charge in [0.1, 0.15) is 0 Å².